The third-order valence-electron chi connectivity index (χ3n) is 6.47. The van der Waals surface area contributed by atoms with E-state index in [9.17, 15) is 14.4 Å². The summed E-state index contributed by atoms with van der Waals surface area (Å²) in [5, 5.41) is 0.940. The van der Waals surface area contributed by atoms with Crippen molar-refractivity contribution in [3.63, 3.8) is 0 Å². The summed E-state index contributed by atoms with van der Waals surface area (Å²) in [6.07, 6.45) is 1.96. The first kappa shape index (κ1) is 26.2. The summed E-state index contributed by atoms with van der Waals surface area (Å²) in [7, 11) is -1.26. The molecule has 0 spiro atoms. The maximum absolute atomic E-state index is 13.3. The molecule has 2 aliphatic heterocycles. The highest BCUT2D eigenvalue weighted by molar-refractivity contribution is 6.76. The Morgan fingerprint density at radius 3 is 2.50 bits per heavy atom. The molecule has 36 heavy (non-hydrogen) atoms. The van der Waals surface area contributed by atoms with Crippen LogP contribution in [0.25, 0.3) is 10.9 Å². The van der Waals surface area contributed by atoms with Crippen LogP contribution in [0.1, 0.15) is 33.2 Å². The second-order valence-corrected chi connectivity index (χ2v) is 17.4. The number of nitrogens with zero attached hydrogens (tertiary/aromatic N) is 4. The fourth-order valence-corrected chi connectivity index (χ4v) is 5.16. The number of fused-ring (bicyclic) bond motifs is 1. The molecule has 0 bridgehead atoms. The second kappa shape index (κ2) is 9.89. The van der Waals surface area contributed by atoms with Crippen LogP contribution in [-0.2, 0) is 14.3 Å². The number of anilines is 1. The van der Waals surface area contributed by atoms with E-state index < -0.39 is 13.7 Å². The molecule has 1 aromatic carbocycles. The molecule has 0 radical (unpaired) electrons. The Morgan fingerprint density at radius 1 is 1.11 bits per heavy atom. The van der Waals surface area contributed by atoms with Crippen molar-refractivity contribution in [3.05, 3.63) is 30.5 Å². The molecule has 2 aromatic rings. The Bertz CT molecular complexity index is 1140. The zero-order valence-electron chi connectivity index (χ0n) is 22.2. The van der Waals surface area contributed by atoms with Gasteiger partial charge in [0.15, 0.2) is 0 Å². The topological polar surface area (TPSA) is 84.3 Å². The lowest BCUT2D eigenvalue weighted by atomic mass is 10.1. The maximum Gasteiger partial charge on any atom is 0.410 e. The van der Waals surface area contributed by atoms with E-state index in [0.29, 0.717) is 26.2 Å². The number of imide groups is 1. The molecule has 0 N–H and O–H groups in total. The van der Waals surface area contributed by atoms with E-state index in [1.165, 1.54) is 4.90 Å². The Hall–Kier alpha value is -2.85. The Kier molecular flexibility index (Phi) is 7.20. The molecule has 0 unspecified atom stereocenters. The van der Waals surface area contributed by atoms with Gasteiger partial charge in [0, 0.05) is 52.3 Å². The van der Waals surface area contributed by atoms with Crippen LogP contribution in [0.4, 0.5) is 15.3 Å². The molecule has 0 aliphatic carbocycles. The van der Waals surface area contributed by atoms with E-state index >= 15 is 0 Å². The molecule has 9 nitrogen and oxygen atoms in total. The van der Waals surface area contributed by atoms with Crippen LogP contribution >= 0.6 is 0 Å². The lowest BCUT2D eigenvalue weighted by Gasteiger charge is -2.40. The third-order valence-corrected chi connectivity index (χ3v) is 8.17. The summed E-state index contributed by atoms with van der Waals surface area (Å²) in [5.41, 5.74) is 1.25. The first-order chi connectivity index (χ1) is 16.8. The van der Waals surface area contributed by atoms with Crippen molar-refractivity contribution in [2.45, 2.75) is 64.5 Å². The van der Waals surface area contributed by atoms with E-state index in [0.717, 1.165) is 22.6 Å². The smallest absolute Gasteiger partial charge is 0.410 e. The van der Waals surface area contributed by atoms with E-state index in [1.54, 1.807) is 9.80 Å². The summed E-state index contributed by atoms with van der Waals surface area (Å²) in [6, 6.07) is 8.63. The van der Waals surface area contributed by atoms with Gasteiger partial charge in [0.2, 0.25) is 5.91 Å². The van der Waals surface area contributed by atoms with Crippen molar-refractivity contribution >= 4 is 42.7 Å². The summed E-state index contributed by atoms with van der Waals surface area (Å²) in [4.78, 5) is 42.7. The molecule has 10 heteroatoms. The van der Waals surface area contributed by atoms with Gasteiger partial charge in [-0.25, -0.2) is 14.5 Å². The average molecular weight is 515 g/mol. The van der Waals surface area contributed by atoms with Crippen LogP contribution in [-0.4, -0.2) is 79.0 Å². The number of aromatic nitrogens is 1. The first-order valence-corrected chi connectivity index (χ1v) is 16.3. The normalized spacial score (nSPS) is 17.7. The highest BCUT2D eigenvalue weighted by atomic mass is 28.3. The van der Waals surface area contributed by atoms with E-state index in [1.807, 2.05) is 51.2 Å². The molecule has 1 aromatic heterocycles. The Morgan fingerprint density at radius 2 is 1.83 bits per heavy atom. The largest absolute Gasteiger partial charge is 0.444 e. The van der Waals surface area contributed by atoms with E-state index in [2.05, 4.69) is 24.2 Å². The van der Waals surface area contributed by atoms with Crippen molar-refractivity contribution in [2.75, 3.05) is 37.9 Å². The van der Waals surface area contributed by atoms with Crippen molar-refractivity contribution in [2.24, 2.45) is 0 Å². The number of hydrogen-bond donors (Lipinski definition) is 0. The molecule has 3 heterocycles. The molecule has 2 aliphatic rings. The van der Waals surface area contributed by atoms with Gasteiger partial charge in [-0.05, 0) is 45.0 Å². The SMILES string of the molecule is CC(C)(C)OC(=O)N1CC(n2ccc3c(N4CCC(=O)N(COCC[Si](C)(C)C)C4=O)cccc32)C1. The van der Waals surface area contributed by atoms with Gasteiger partial charge >= 0.3 is 12.1 Å². The monoisotopic (exact) mass is 514 g/mol. The molecule has 4 rings (SSSR count). The number of benzene rings is 1. The molecule has 0 atom stereocenters. The summed E-state index contributed by atoms with van der Waals surface area (Å²) < 4.78 is 13.3. The zero-order valence-corrected chi connectivity index (χ0v) is 23.2. The van der Waals surface area contributed by atoms with Crippen LogP contribution in [0.5, 0.6) is 0 Å². The predicted molar refractivity (Wildman–Crippen MR) is 142 cm³/mol. The predicted octanol–water partition coefficient (Wildman–Crippen LogP) is 4.90. The molecule has 4 amide bonds. The Labute approximate surface area is 213 Å². The van der Waals surface area contributed by atoms with Gasteiger partial charge in [0.25, 0.3) is 0 Å². The average Bonchev–Trinajstić information content (AvgIpc) is 3.14. The van der Waals surface area contributed by atoms with Gasteiger partial charge in [-0.3, -0.25) is 9.69 Å². The van der Waals surface area contributed by atoms with Gasteiger partial charge < -0.3 is 18.9 Å². The first-order valence-electron chi connectivity index (χ1n) is 12.6. The molecule has 0 saturated carbocycles. The van der Waals surface area contributed by atoms with Crippen LogP contribution in [0.15, 0.2) is 30.5 Å². The van der Waals surface area contributed by atoms with Crippen molar-refractivity contribution in [1.29, 1.82) is 0 Å². The number of carbonyl (C=O) groups excluding carboxylic acids is 3. The molecule has 2 saturated heterocycles. The fourth-order valence-electron chi connectivity index (χ4n) is 4.41. The van der Waals surface area contributed by atoms with Crippen molar-refractivity contribution in [3.8, 4) is 0 Å². The molecule has 196 valence electrons. The number of carbonyl (C=O) groups is 3. The number of rotatable bonds is 7. The lowest BCUT2D eigenvalue weighted by Crippen LogP contribution is -2.53. The van der Waals surface area contributed by atoms with Crippen LogP contribution in [0.2, 0.25) is 25.7 Å². The van der Waals surface area contributed by atoms with Gasteiger partial charge in [-0.2, -0.15) is 0 Å². The molecule has 2 fully saturated rings. The third kappa shape index (κ3) is 5.75. The summed E-state index contributed by atoms with van der Waals surface area (Å²) in [6.45, 7) is 14.4. The van der Waals surface area contributed by atoms with Gasteiger partial charge in [-0.15, -0.1) is 0 Å². The zero-order chi connectivity index (χ0) is 26.3. The Balaban J connectivity index is 1.46. The minimum Gasteiger partial charge on any atom is -0.444 e. The standard InChI is InChI=1S/C26H38N4O5Si/c1-26(2,3)35-25(33)27-16-19(17-27)28-12-10-20-21(28)8-7-9-22(20)29-13-11-23(31)30(24(29)32)18-34-14-15-36(4,5)6/h7-10,12,19H,11,13-18H2,1-6H3. The minimum absolute atomic E-state index is 0.0157. The number of urea groups is 1. The lowest BCUT2D eigenvalue weighted by molar-refractivity contribution is -0.133. The highest BCUT2D eigenvalue weighted by Gasteiger charge is 2.37. The molecular formula is C26H38N4O5Si. The number of likely N-dealkylation sites (tertiary alicyclic amines) is 1. The van der Waals surface area contributed by atoms with Gasteiger partial charge in [0.05, 0.1) is 17.2 Å². The van der Waals surface area contributed by atoms with Crippen molar-refractivity contribution < 1.29 is 23.9 Å². The minimum atomic E-state index is -1.26. The van der Waals surface area contributed by atoms with Crippen LogP contribution < -0.4 is 4.90 Å². The highest BCUT2D eigenvalue weighted by Crippen LogP contribution is 2.34. The summed E-state index contributed by atoms with van der Waals surface area (Å²) >= 11 is 0. The van der Waals surface area contributed by atoms with E-state index in [-0.39, 0.29) is 37.2 Å². The fraction of sp³-hybridized carbons (Fsp3) is 0.577. The van der Waals surface area contributed by atoms with Gasteiger partial charge in [-0.1, -0.05) is 25.7 Å². The van der Waals surface area contributed by atoms with Crippen LogP contribution in [0.3, 0.4) is 0 Å². The van der Waals surface area contributed by atoms with Crippen LogP contribution in [0, 0.1) is 0 Å². The van der Waals surface area contributed by atoms with Gasteiger partial charge in [0.1, 0.15) is 12.3 Å². The van der Waals surface area contributed by atoms with Crippen molar-refractivity contribution in [1.82, 2.24) is 14.4 Å². The van der Waals surface area contributed by atoms with E-state index in [4.69, 9.17) is 9.47 Å². The summed E-state index contributed by atoms with van der Waals surface area (Å²) in [5.74, 6) is -0.203. The maximum atomic E-state index is 13.3. The number of ether oxygens (including phenoxy) is 2. The second-order valence-electron chi connectivity index (χ2n) is 11.8. The molecular weight excluding hydrogens is 476 g/mol. The quantitative estimate of drug-likeness (QED) is 0.387. The number of hydrogen-bond acceptors (Lipinski definition) is 5. The number of amides is 4.